The number of piperidine rings is 1. The van der Waals surface area contributed by atoms with Crippen LogP contribution in [0.3, 0.4) is 0 Å². The van der Waals surface area contributed by atoms with E-state index in [0.29, 0.717) is 17.7 Å². The molecule has 1 aromatic carbocycles. The van der Waals surface area contributed by atoms with Crippen LogP contribution >= 0.6 is 0 Å². The molecule has 1 atom stereocenters. The number of hydrogen-bond donors (Lipinski definition) is 2. The van der Waals surface area contributed by atoms with E-state index in [-0.39, 0.29) is 5.83 Å². The summed E-state index contributed by atoms with van der Waals surface area (Å²) in [5.74, 6) is 2.82. The number of pyridine rings is 1. The Morgan fingerprint density at radius 3 is 2.63 bits per heavy atom. The minimum atomic E-state index is -0.515. The lowest BCUT2D eigenvalue weighted by molar-refractivity contribution is 0.0954. The van der Waals surface area contributed by atoms with Gasteiger partial charge in [0.25, 0.3) is 0 Å². The highest BCUT2D eigenvalue weighted by molar-refractivity contribution is 5.92. The summed E-state index contributed by atoms with van der Waals surface area (Å²) in [6.07, 6.45) is 7.18. The predicted octanol–water partition coefficient (Wildman–Crippen LogP) is 5.64. The standard InChI is InChI=1S/C34H45FN8/c1-21(2)18-43-23(4)37-32-22(3)15-26(16-30(32)43)33-28(35)17-36-34(40-33)39-31-8-7-25-20-42(14-11-29(25)38-31)27-9-12-41(13-10-27)19-24-5-6-24/h7-8,15-17,21,24,27,34,40H,5-6,9-14,18-20H2,1-4H3,(H,38,39). The molecule has 0 spiro atoms. The molecule has 2 N–H and O–H groups in total. The van der Waals surface area contributed by atoms with E-state index in [0.717, 1.165) is 71.5 Å². The van der Waals surface area contributed by atoms with Gasteiger partial charge in [-0.2, -0.15) is 0 Å². The lowest BCUT2D eigenvalue weighted by Crippen LogP contribution is -2.47. The molecule has 2 aromatic heterocycles. The van der Waals surface area contributed by atoms with Gasteiger partial charge in [0.05, 0.1) is 22.9 Å². The quantitative estimate of drug-likeness (QED) is 0.357. The molecule has 3 aliphatic heterocycles. The fourth-order valence-electron chi connectivity index (χ4n) is 7.09. The maximum atomic E-state index is 15.2. The van der Waals surface area contributed by atoms with Crippen LogP contribution in [0.4, 0.5) is 10.2 Å². The summed E-state index contributed by atoms with van der Waals surface area (Å²) >= 11 is 0. The molecular weight excluding hydrogens is 539 g/mol. The van der Waals surface area contributed by atoms with Gasteiger partial charge < -0.3 is 20.1 Å². The number of nitrogens with one attached hydrogen (secondary N) is 2. The lowest BCUT2D eigenvalue weighted by Gasteiger charge is -2.40. The fraction of sp³-hybridized carbons (Fsp3) is 0.559. The number of rotatable bonds is 8. The molecule has 3 aromatic rings. The van der Waals surface area contributed by atoms with Crippen LogP contribution in [-0.4, -0.2) is 69.1 Å². The zero-order valence-electron chi connectivity index (χ0n) is 26.0. The summed E-state index contributed by atoms with van der Waals surface area (Å²) in [7, 11) is 0. The number of nitrogens with zero attached hydrogens (tertiary/aromatic N) is 6. The Morgan fingerprint density at radius 1 is 1.05 bits per heavy atom. The maximum absolute atomic E-state index is 15.2. The molecule has 228 valence electrons. The van der Waals surface area contributed by atoms with Crippen LogP contribution in [0.2, 0.25) is 0 Å². The molecule has 2 fully saturated rings. The molecule has 1 saturated carbocycles. The summed E-state index contributed by atoms with van der Waals surface area (Å²) < 4.78 is 17.4. The number of aromatic nitrogens is 3. The van der Waals surface area contributed by atoms with Gasteiger partial charge >= 0.3 is 0 Å². The first-order valence-corrected chi connectivity index (χ1v) is 16.2. The van der Waals surface area contributed by atoms with Gasteiger partial charge in [-0.05, 0) is 93.8 Å². The monoisotopic (exact) mass is 584 g/mol. The predicted molar refractivity (Wildman–Crippen MR) is 172 cm³/mol. The van der Waals surface area contributed by atoms with Gasteiger partial charge in [-0.25, -0.2) is 19.4 Å². The Kier molecular flexibility index (Phi) is 7.72. The van der Waals surface area contributed by atoms with Crippen LogP contribution in [0.15, 0.2) is 35.1 Å². The third kappa shape index (κ3) is 6.07. The number of anilines is 1. The number of aliphatic imine (C=N–C) groups is 1. The molecule has 0 amide bonds. The molecule has 4 aliphatic rings. The summed E-state index contributed by atoms with van der Waals surface area (Å²) in [5.41, 5.74) is 6.74. The highest BCUT2D eigenvalue weighted by atomic mass is 19.1. The van der Waals surface area contributed by atoms with Crippen molar-refractivity contribution in [3.05, 3.63) is 58.3 Å². The van der Waals surface area contributed by atoms with Gasteiger partial charge in [0.1, 0.15) is 11.6 Å². The number of halogens is 1. The van der Waals surface area contributed by atoms with Crippen molar-refractivity contribution in [2.24, 2.45) is 16.8 Å². The molecule has 9 heteroatoms. The molecule has 43 heavy (non-hydrogen) atoms. The number of allylic oxidation sites excluding steroid dienone is 1. The topological polar surface area (TPSA) is 73.6 Å². The van der Waals surface area contributed by atoms with E-state index in [1.54, 1.807) is 0 Å². The van der Waals surface area contributed by atoms with Crippen LogP contribution in [0, 0.1) is 25.7 Å². The first kappa shape index (κ1) is 28.5. The summed E-state index contributed by atoms with van der Waals surface area (Å²) in [4.78, 5) is 19.5. The summed E-state index contributed by atoms with van der Waals surface area (Å²) in [6.45, 7) is 15.2. The third-order valence-electron chi connectivity index (χ3n) is 9.58. The normalized spacial score (nSPS) is 22.0. The van der Waals surface area contributed by atoms with E-state index < -0.39 is 6.29 Å². The highest BCUT2D eigenvalue weighted by Gasteiger charge is 2.31. The Hall–Kier alpha value is -3.30. The second kappa shape index (κ2) is 11.7. The lowest BCUT2D eigenvalue weighted by atomic mass is 9.98. The molecule has 8 nitrogen and oxygen atoms in total. The molecule has 1 saturated heterocycles. The van der Waals surface area contributed by atoms with E-state index in [2.05, 4.69) is 49.9 Å². The molecule has 7 rings (SSSR count). The van der Waals surface area contributed by atoms with Crippen LogP contribution in [-0.2, 0) is 19.5 Å². The van der Waals surface area contributed by atoms with Crippen molar-refractivity contribution in [3.8, 4) is 0 Å². The van der Waals surface area contributed by atoms with Gasteiger partial charge in [-0.1, -0.05) is 19.9 Å². The second-order valence-corrected chi connectivity index (χ2v) is 13.5. The van der Waals surface area contributed by atoms with Crippen molar-refractivity contribution in [3.63, 3.8) is 0 Å². The zero-order chi connectivity index (χ0) is 29.7. The molecular formula is C34H45FN8. The number of benzene rings is 1. The van der Waals surface area contributed by atoms with Crippen molar-refractivity contribution in [2.75, 3.05) is 31.5 Å². The number of aryl methyl sites for hydroxylation is 2. The Morgan fingerprint density at radius 2 is 1.86 bits per heavy atom. The largest absolute Gasteiger partial charge is 0.344 e. The van der Waals surface area contributed by atoms with E-state index in [9.17, 15) is 0 Å². The van der Waals surface area contributed by atoms with Gasteiger partial charge in [0.2, 0.25) is 0 Å². The van der Waals surface area contributed by atoms with Crippen molar-refractivity contribution in [1.82, 2.24) is 29.7 Å². The first-order valence-electron chi connectivity index (χ1n) is 16.2. The van der Waals surface area contributed by atoms with Gasteiger partial charge in [-0.3, -0.25) is 4.90 Å². The zero-order valence-corrected chi connectivity index (χ0v) is 26.0. The minimum absolute atomic E-state index is 0.375. The van der Waals surface area contributed by atoms with Gasteiger partial charge in [-0.15, -0.1) is 0 Å². The molecule has 1 unspecified atom stereocenters. The second-order valence-electron chi connectivity index (χ2n) is 13.5. The summed E-state index contributed by atoms with van der Waals surface area (Å²) in [6, 6.07) is 8.97. The van der Waals surface area contributed by atoms with E-state index in [1.165, 1.54) is 57.1 Å². The van der Waals surface area contributed by atoms with Gasteiger partial charge in [0, 0.05) is 49.9 Å². The Balaban J connectivity index is 1.01. The number of hydrogen-bond acceptors (Lipinski definition) is 7. The fourth-order valence-corrected chi connectivity index (χ4v) is 7.09. The SMILES string of the molecule is Cc1cc(C2=C(F)C=NC(Nc3ccc4c(n3)CCN(C3CCN(CC5CC5)CC3)C4)N2)cc2c1nc(C)n2CC(C)C. The van der Waals surface area contributed by atoms with Crippen molar-refractivity contribution < 1.29 is 4.39 Å². The molecule has 0 radical (unpaired) electrons. The minimum Gasteiger partial charge on any atom is -0.344 e. The van der Waals surface area contributed by atoms with Gasteiger partial charge in [0.15, 0.2) is 12.1 Å². The smallest absolute Gasteiger partial charge is 0.195 e. The van der Waals surface area contributed by atoms with E-state index in [1.807, 2.05) is 32.0 Å². The number of imidazole rings is 1. The molecule has 1 aliphatic carbocycles. The molecule has 5 heterocycles. The number of fused-ring (bicyclic) bond motifs is 2. The Bertz CT molecular complexity index is 1560. The average Bonchev–Trinajstić information content (AvgIpc) is 3.76. The van der Waals surface area contributed by atoms with Crippen LogP contribution < -0.4 is 10.6 Å². The third-order valence-corrected chi connectivity index (χ3v) is 9.58. The molecule has 0 bridgehead atoms. The van der Waals surface area contributed by atoms with E-state index >= 15 is 4.39 Å². The van der Waals surface area contributed by atoms with Crippen LogP contribution in [0.25, 0.3) is 16.7 Å². The Labute approximate surface area is 254 Å². The van der Waals surface area contributed by atoms with E-state index in [4.69, 9.17) is 9.97 Å². The highest BCUT2D eigenvalue weighted by Crippen LogP contribution is 2.32. The van der Waals surface area contributed by atoms with Crippen molar-refractivity contribution in [2.45, 2.75) is 85.2 Å². The van der Waals surface area contributed by atoms with Crippen molar-refractivity contribution in [1.29, 1.82) is 0 Å². The average molecular weight is 585 g/mol. The van der Waals surface area contributed by atoms with Crippen molar-refractivity contribution >= 4 is 28.8 Å². The van der Waals surface area contributed by atoms with Crippen LogP contribution in [0.1, 0.15) is 67.7 Å². The summed E-state index contributed by atoms with van der Waals surface area (Å²) in [5, 5.41) is 6.68. The van der Waals surface area contributed by atoms with Crippen LogP contribution in [0.5, 0.6) is 0 Å². The maximum Gasteiger partial charge on any atom is 0.195 e. The first-order chi connectivity index (χ1) is 20.8. The number of likely N-dealkylation sites (tertiary alicyclic amines) is 1.